The maximum absolute atomic E-state index is 7.73. The molecule has 3 nitrogen and oxygen atoms in total. The summed E-state index contributed by atoms with van der Waals surface area (Å²) < 4.78 is 0. The maximum Gasteiger partial charge on any atom is 0.126 e. The van der Waals surface area contributed by atoms with Crippen LogP contribution in [0.15, 0.2) is 18.2 Å². The molecule has 0 saturated carbocycles. The van der Waals surface area contributed by atoms with Crippen molar-refractivity contribution in [3.05, 3.63) is 28.8 Å². The molecule has 0 fully saturated rings. The van der Waals surface area contributed by atoms with Gasteiger partial charge in [0.1, 0.15) is 5.84 Å². The number of rotatable bonds is 8. The zero-order chi connectivity index (χ0) is 14.3. The molecule has 0 saturated heterocycles. The van der Waals surface area contributed by atoms with Crippen LogP contribution >= 0.6 is 11.6 Å². The Labute approximate surface area is 121 Å². The predicted octanol–water partition coefficient (Wildman–Crippen LogP) is 4.03. The zero-order valence-electron chi connectivity index (χ0n) is 11.9. The lowest BCUT2D eigenvalue weighted by atomic mass is 10.1. The van der Waals surface area contributed by atoms with Crippen molar-refractivity contribution >= 4 is 23.1 Å². The normalized spacial score (nSPS) is 10.5. The summed E-state index contributed by atoms with van der Waals surface area (Å²) >= 11 is 6.19. The van der Waals surface area contributed by atoms with Crippen molar-refractivity contribution in [2.75, 3.05) is 18.0 Å². The van der Waals surface area contributed by atoms with E-state index in [9.17, 15) is 0 Å². The molecule has 1 aromatic rings. The van der Waals surface area contributed by atoms with E-state index in [1.54, 1.807) is 6.07 Å². The fourth-order valence-corrected chi connectivity index (χ4v) is 2.36. The summed E-state index contributed by atoms with van der Waals surface area (Å²) in [7, 11) is 0. The van der Waals surface area contributed by atoms with Crippen LogP contribution in [0.5, 0.6) is 0 Å². The van der Waals surface area contributed by atoms with Crippen LogP contribution in [0.25, 0.3) is 0 Å². The number of unbranched alkanes of at least 4 members (excludes halogenated alkanes) is 2. The molecule has 0 aliphatic rings. The Bertz CT molecular complexity index is 410. The molecular weight excluding hydrogens is 258 g/mol. The van der Waals surface area contributed by atoms with Gasteiger partial charge in [0.2, 0.25) is 0 Å². The number of nitrogens with one attached hydrogen (secondary N) is 1. The number of anilines is 1. The monoisotopic (exact) mass is 281 g/mol. The molecule has 0 atom stereocenters. The molecule has 0 radical (unpaired) electrons. The van der Waals surface area contributed by atoms with Gasteiger partial charge in [-0.25, -0.2) is 0 Å². The second-order valence-corrected chi connectivity index (χ2v) is 5.15. The maximum atomic E-state index is 7.73. The molecule has 19 heavy (non-hydrogen) atoms. The van der Waals surface area contributed by atoms with Gasteiger partial charge in [-0.1, -0.05) is 44.4 Å². The topological polar surface area (TPSA) is 53.1 Å². The summed E-state index contributed by atoms with van der Waals surface area (Å²) in [5.41, 5.74) is 7.33. The third-order valence-corrected chi connectivity index (χ3v) is 3.48. The Morgan fingerprint density at radius 3 is 2.26 bits per heavy atom. The van der Waals surface area contributed by atoms with Crippen molar-refractivity contribution in [1.82, 2.24) is 0 Å². The average Bonchev–Trinajstić information content (AvgIpc) is 2.38. The molecular formula is C15H24ClN3. The molecule has 0 aliphatic carbocycles. The van der Waals surface area contributed by atoms with E-state index < -0.39 is 0 Å². The predicted molar refractivity (Wildman–Crippen MR) is 84.5 cm³/mol. The summed E-state index contributed by atoms with van der Waals surface area (Å²) in [6.45, 7) is 6.33. The van der Waals surface area contributed by atoms with Crippen molar-refractivity contribution < 1.29 is 0 Å². The highest BCUT2D eigenvalue weighted by Gasteiger charge is 2.15. The largest absolute Gasteiger partial charge is 0.384 e. The first-order valence-electron chi connectivity index (χ1n) is 6.99. The summed E-state index contributed by atoms with van der Waals surface area (Å²) in [4.78, 5) is 2.30. The van der Waals surface area contributed by atoms with E-state index in [1.807, 2.05) is 12.1 Å². The molecule has 0 aromatic heterocycles. The van der Waals surface area contributed by atoms with Crippen LogP contribution in [-0.2, 0) is 0 Å². The molecule has 106 valence electrons. The molecule has 1 rings (SSSR count). The van der Waals surface area contributed by atoms with Gasteiger partial charge in [-0.15, -0.1) is 0 Å². The first-order chi connectivity index (χ1) is 9.11. The van der Waals surface area contributed by atoms with E-state index in [0.29, 0.717) is 10.6 Å². The van der Waals surface area contributed by atoms with Crippen LogP contribution in [0.3, 0.4) is 0 Å². The van der Waals surface area contributed by atoms with Gasteiger partial charge >= 0.3 is 0 Å². The molecule has 0 unspecified atom stereocenters. The third kappa shape index (κ3) is 4.43. The SMILES string of the molecule is CCCCN(CCCC)c1cccc(Cl)c1C(=N)N. The fourth-order valence-electron chi connectivity index (χ4n) is 2.09. The zero-order valence-corrected chi connectivity index (χ0v) is 12.6. The van der Waals surface area contributed by atoms with Crippen molar-refractivity contribution in [3.8, 4) is 0 Å². The Morgan fingerprint density at radius 2 is 1.79 bits per heavy atom. The minimum atomic E-state index is 0.0404. The lowest BCUT2D eigenvalue weighted by Gasteiger charge is -2.27. The Morgan fingerprint density at radius 1 is 1.21 bits per heavy atom. The lowest BCUT2D eigenvalue weighted by Crippen LogP contribution is -2.28. The molecule has 0 bridgehead atoms. The first kappa shape index (κ1) is 15.8. The van der Waals surface area contributed by atoms with Crippen LogP contribution < -0.4 is 10.6 Å². The van der Waals surface area contributed by atoms with Crippen LogP contribution in [0.2, 0.25) is 5.02 Å². The van der Waals surface area contributed by atoms with E-state index in [1.165, 1.54) is 0 Å². The summed E-state index contributed by atoms with van der Waals surface area (Å²) in [6.07, 6.45) is 4.57. The molecule has 0 amide bonds. The number of hydrogen-bond acceptors (Lipinski definition) is 2. The number of nitrogens with two attached hydrogens (primary N) is 1. The van der Waals surface area contributed by atoms with E-state index >= 15 is 0 Å². The highest BCUT2D eigenvalue weighted by molar-refractivity contribution is 6.34. The Hall–Kier alpha value is -1.22. The van der Waals surface area contributed by atoms with Crippen molar-refractivity contribution in [2.24, 2.45) is 5.73 Å². The number of halogens is 1. The average molecular weight is 282 g/mol. The Balaban J connectivity index is 3.06. The van der Waals surface area contributed by atoms with E-state index in [4.69, 9.17) is 22.7 Å². The minimum absolute atomic E-state index is 0.0404. The number of nitrogen functional groups attached to an aromatic ring is 1. The molecule has 0 spiro atoms. The van der Waals surface area contributed by atoms with E-state index in [0.717, 1.165) is 44.5 Å². The van der Waals surface area contributed by atoms with Gasteiger partial charge in [-0.3, -0.25) is 5.41 Å². The fraction of sp³-hybridized carbons (Fsp3) is 0.533. The van der Waals surface area contributed by atoms with Gasteiger partial charge in [-0.05, 0) is 25.0 Å². The van der Waals surface area contributed by atoms with Gasteiger partial charge in [0.05, 0.1) is 10.6 Å². The van der Waals surface area contributed by atoms with Crippen molar-refractivity contribution in [2.45, 2.75) is 39.5 Å². The number of nitrogens with zero attached hydrogens (tertiary/aromatic N) is 1. The molecule has 3 N–H and O–H groups in total. The molecule has 1 aromatic carbocycles. The van der Waals surface area contributed by atoms with E-state index in [2.05, 4.69) is 18.7 Å². The second-order valence-electron chi connectivity index (χ2n) is 4.74. The van der Waals surface area contributed by atoms with Gasteiger partial charge in [-0.2, -0.15) is 0 Å². The minimum Gasteiger partial charge on any atom is -0.384 e. The summed E-state index contributed by atoms with van der Waals surface area (Å²) in [5, 5.41) is 8.29. The highest BCUT2D eigenvalue weighted by atomic mass is 35.5. The van der Waals surface area contributed by atoms with Crippen molar-refractivity contribution in [1.29, 1.82) is 5.41 Å². The van der Waals surface area contributed by atoms with Crippen LogP contribution in [-0.4, -0.2) is 18.9 Å². The van der Waals surface area contributed by atoms with Gasteiger partial charge in [0, 0.05) is 18.8 Å². The lowest BCUT2D eigenvalue weighted by molar-refractivity contribution is 0.677. The first-order valence-corrected chi connectivity index (χ1v) is 7.37. The molecule has 0 aliphatic heterocycles. The highest BCUT2D eigenvalue weighted by Crippen LogP contribution is 2.27. The van der Waals surface area contributed by atoms with Gasteiger partial charge < -0.3 is 10.6 Å². The van der Waals surface area contributed by atoms with Crippen LogP contribution in [0.1, 0.15) is 45.1 Å². The molecule has 0 heterocycles. The summed E-state index contributed by atoms with van der Waals surface area (Å²) in [5.74, 6) is 0.0404. The van der Waals surface area contributed by atoms with E-state index in [-0.39, 0.29) is 5.84 Å². The quantitative estimate of drug-likeness (QED) is 0.558. The molecule has 4 heteroatoms. The Kier molecular flexibility index (Phi) is 6.71. The standard InChI is InChI=1S/C15H24ClN3/c1-3-5-10-19(11-6-4-2)13-9-7-8-12(16)14(13)15(17)18/h7-9H,3-6,10-11H2,1-2H3,(H3,17,18). The van der Waals surface area contributed by atoms with Crippen LogP contribution in [0.4, 0.5) is 5.69 Å². The van der Waals surface area contributed by atoms with Crippen molar-refractivity contribution in [3.63, 3.8) is 0 Å². The van der Waals surface area contributed by atoms with Gasteiger partial charge in [0.25, 0.3) is 0 Å². The van der Waals surface area contributed by atoms with Gasteiger partial charge in [0.15, 0.2) is 0 Å². The second kappa shape index (κ2) is 8.05. The number of benzene rings is 1. The van der Waals surface area contributed by atoms with Crippen LogP contribution in [0, 0.1) is 5.41 Å². The smallest absolute Gasteiger partial charge is 0.126 e. The number of hydrogen-bond donors (Lipinski definition) is 2. The third-order valence-electron chi connectivity index (χ3n) is 3.16. The number of amidine groups is 1. The summed E-state index contributed by atoms with van der Waals surface area (Å²) in [6, 6.07) is 5.72.